The van der Waals surface area contributed by atoms with Crippen molar-refractivity contribution in [2.75, 3.05) is 37.7 Å². The van der Waals surface area contributed by atoms with Crippen LogP contribution in [0.2, 0.25) is 0 Å². The van der Waals surface area contributed by atoms with Gasteiger partial charge in [0.25, 0.3) is 5.91 Å². The summed E-state index contributed by atoms with van der Waals surface area (Å²) < 4.78 is 6.89. The van der Waals surface area contributed by atoms with Gasteiger partial charge in [0.1, 0.15) is 17.5 Å². The molecule has 10 heteroatoms. The van der Waals surface area contributed by atoms with Gasteiger partial charge in [0, 0.05) is 79.3 Å². The Labute approximate surface area is 293 Å². The van der Waals surface area contributed by atoms with E-state index in [9.17, 15) is 19.5 Å². The summed E-state index contributed by atoms with van der Waals surface area (Å²) in [5, 5.41) is 12.5. The lowest BCUT2D eigenvalue weighted by Crippen LogP contribution is -2.52. The van der Waals surface area contributed by atoms with Gasteiger partial charge < -0.3 is 19.6 Å². The average Bonchev–Trinajstić information content (AvgIpc) is 3.44. The zero-order valence-corrected chi connectivity index (χ0v) is 28.6. The van der Waals surface area contributed by atoms with Crippen LogP contribution in [0.5, 0.6) is 11.5 Å². The molecule has 250 valence electrons. The molecule has 4 aliphatic rings. The second-order valence-corrected chi connectivity index (χ2v) is 14.2. The van der Waals surface area contributed by atoms with E-state index in [4.69, 9.17) is 4.74 Å². The minimum atomic E-state index is -0.623. The van der Waals surface area contributed by atoms with Crippen molar-refractivity contribution in [3.05, 3.63) is 123 Å². The molecule has 0 saturated carbocycles. The average molecular weight is 722 g/mol. The number of hydrogen-bond donors (Lipinski definition) is 2. The largest absolute Gasteiger partial charge is 0.508 e. The smallest absolute Gasteiger partial charge is 0.256 e. The fourth-order valence-corrected chi connectivity index (χ4v) is 8.64. The highest BCUT2D eigenvalue weighted by Crippen LogP contribution is 2.47. The summed E-state index contributed by atoms with van der Waals surface area (Å²) in [4.78, 5) is 43.9. The lowest BCUT2D eigenvalue weighted by atomic mass is 9.76. The van der Waals surface area contributed by atoms with Gasteiger partial charge in [-0.05, 0) is 68.9 Å². The molecule has 0 radical (unpaired) electrons. The SMILES string of the molecule is O=C1CCC(N2Cc3cc(CN4CCN(c5ccc([C@@H]6c7ccc(O)cc7OC[C@@H]6c6ccccc6)cc5)CC4)cc(Br)c3C2=O)C(=O)N1. The Bertz CT molecular complexity index is 1930. The first-order valence-electron chi connectivity index (χ1n) is 16.9. The third kappa shape index (κ3) is 6.08. The van der Waals surface area contributed by atoms with Crippen LogP contribution >= 0.6 is 15.9 Å². The molecule has 9 nitrogen and oxygen atoms in total. The summed E-state index contributed by atoms with van der Waals surface area (Å²) in [6.07, 6.45) is 0.593. The number of nitrogens with one attached hydrogen (secondary N) is 1. The van der Waals surface area contributed by atoms with Gasteiger partial charge in [0.15, 0.2) is 0 Å². The highest BCUT2D eigenvalue weighted by Gasteiger charge is 2.40. The summed E-state index contributed by atoms with van der Waals surface area (Å²) in [5.74, 6) is 0.366. The van der Waals surface area contributed by atoms with Crippen LogP contribution in [0, 0.1) is 0 Å². The van der Waals surface area contributed by atoms with Crippen LogP contribution in [0.3, 0.4) is 0 Å². The molecule has 0 bridgehead atoms. The number of imide groups is 1. The van der Waals surface area contributed by atoms with E-state index in [0.29, 0.717) is 25.1 Å². The molecule has 1 unspecified atom stereocenters. The molecule has 8 rings (SSSR count). The van der Waals surface area contributed by atoms with Gasteiger partial charge in [-0.1, -0.05) is 54.6 Å². The van der Waals surface area contributed by atoms with Crippen LogP contribution in [0.4, 0.5) is 5.69 Å². The Morgan fingerprint density at radius 1 is 0.878 bits per heavy atom. The summed E-state index contributed by atoms with van der Waals surface area (Å²) >= 11 is 3.64. The summed E-state index contributed by atoms with van der Waals surface area (Å²) in [6, 6.07) is 28.4. The van der Waals surface area contributed by atoms with E-state index in [0.717, 1.165) is 59.6 Å². The number of amides is 3. The second-order valence-electron chi connectivity index (χ2n) is 13.4. The van der Waals surface area contributed by atoms with Gasteiger partial charge in [0.05, 0.1) is 12.2 Å². The fourth-order valence-electron chi connectivity index (χ4n) is 7.92. The number of fused-ring (bicyclic) bond motifs is 2. The number of rotatable bonds is 6. The number of ether oxygens (including phenoxy) is 1. The summed E-state index contributed by atoms with van der Waals surface area (Å²) in [5.41, 5.74) is 7.40. The lowest BCUT2D eigenvalue weighted by Gasteiger charge is -2.37. The monoisotopic (exact) mass is 720 g/mol. The standard InChI is InChI=1S/C39H37BrN4O5/c40-32-19-24(18-27-22-44(39(48)37(27)32)33-12-13-35(46)41-38(33)47)21-42-14-16-43(17-15-42)28-8-6-26(7-9-28)36-30-11-10-29(45)20-34(30)49-23-31(36)25-4-2-1-3-5-25/h1-11,18-20,31,33,36,45H,12-17,21-23H2,(H,41,46,47)/t31-,33?,36-/m1/s1. The van der Waals surface area contributed by atoms with Crippen molar-refractivity contribution in [3.8, 4) is 11.5 Å². The molecule has 2 fully saturated rings. The van der Waals surface area contributed by atoms with Crippen molar-refractivity contribution in [3.63, 3.8) is 0 Å². The van der Waals surface area contributed by atoms with E-state index in [-0.39, 0.29) is 35.8 Å². The van der Waals surface area contributed by atoms with E-state index in [1.54, 1.807) is 17.0 Å². The van der Waals surface area contributed by atoms with E-state index in [2.05, 4.69) is 85.6 Å². The topological polar surface area (TPSA) is 102 Å². The molecule has 4 heterocycles. The molecule has 49 heavy (non-hydrogen) atoms. The Hall–Kier alpha value is -4.67. The van der Waals surface area contributed by atoms with Gasteiger partial charge in [-0.2, -0.15) is 0 Å². The number of carbonyl (C=O) groups is 3. The first kappa shape index (κ1) is 31.6. The van der Waals surface area contributed by atoms with Gasteiger partial charge >= 0.3 is 0 Å². The predicted octanol–water partition coefficient (Wildman–Crippen LogP) is 5.55. The quantitative estimate of drug-likeness (QED) is 0.252. The Balaban J connectivity index is 0.932. The van der Waals surface area contributed by atoms with E-state index < -0.39 is 11.9 Å². The fraction of sp³-hybridized carbons (Fsp3) is 0.308. The maximum absolute atomic E-state index is 13.3. The van der Waals surface area contributed by atoms with E-state index >= 15 is 0 Å². The number of piperidine rings is 1. The zero-order chi connectivity index (χ0) is 33.6. The number of aromatic hydroxyl groups is 1. The van der Waals surface area contributed by atoms with Crippen LogP contribution < -0.4 is 15.0 Å². The molecule has 0 aromatic heterocycles. The van der Waals surface area contributed by atoms with Crippen molar-refractivity contribution < 1.29 is 24.2 Å². The molecule has 3 amide bonds. The number of halogens is 1. The van der Waals surface area contributed by atoms with Crippen molar-refractivity contribution in [2.24, 2.45) is 0 Å². The van der Waals surface area contributed by atoms with Crippen molar-refractivity contribution >= 4 is 39.3 Å². The van der Waals surface area contributed by atoms with Crippen LogP contribution in [0.25, 0.3) is 0 Å². The highest BCUT2D eigenvalue weighted by molar-refractivity contribution is 9.10. The number of benzene rings is 4. The lowest BCUT2D eigenvalue weighted by molar-refractivity contribution is -0.136. The normalized spacial score (nSPS) is 22.4. The first-order chi connectivity index (χ1) is 23.8. The zero-order valence-electron chi connectivity index (χ0n) is 27.0. The molecular weight excluding hydrogens is 684 g/mol. The molecule has 0 aliphatic carbocycles. The second kappa shape index (κ2) is 13.0. The van der Waals surface area contributed by atoms with E-state index in [1.165, 1.54) is 16.8 Å². The van der Waals surface area contributed by atoms with Crippen molar-refractivity contribution in [2.45, 2.75) is 43.8 Å². The van der Waals surface area contributed by atoms with Crippen molar-refractivity contribution in [1.82, 2.24) is 15.1 Å². The minimum Gasteiger partial charge on any atom is -0.508 e. The molecule has 4 aromatic rings. The maximum Gasteiger partial charge on any atom is 0.256 e. The van der Waals surface area contributed by atoms with Crippen LogP contribution in [-0.2, 0) is 22.7 Å². The third-order valence-electron chi connectivity index (χ3n) is 10.4. The molecule has 0 spiro atoms. The number of anilines is 1. The number of nitrogens with zero attached hydrogens (tertiary/aromatic N) is 3. The summed E-state index contributed by atoms with van der Waals surface area (Å²) in [6.45, 7) is 5.30. The number of carbonyl (C=O) groups excluding carboxylic acids is 3. The summed E-state index contributed by atoms with van der Waals surface area (Å²) in [7, 11) is 0. The number of phenolic OH excluding ortho intramolecular Hbond substituents is 1. The predicted molar refractivity (Wildman–Crippen MR) is 189 cm³/mol. The van der Waals surface area contributed by atoms with Gasteiger partial charge in [-0.25, -0.2) is 0 Å². The maximum atomic E-state index is 13.3. The highest BCUT2D eigenvalue weighted by atomic mass is 79.9. The molecular formula is C39H37BrN4O5. The molecule has 2 saturated heterocycles. The van der Waals surface area contributed by atoms with Crippen molar-refractivity contribution in [1.29, 1.82) is 0 Å². The van der Waals surface area contributed by atoms with Gasteiger partial charge in [0.2, 0.25) is 11.8 Å². The Kier molecular flexibility index (Phi) is 8.37. The number of hydrogen-bond acceptors (Lipinski definition) is 7. The van der Waals surface area contributed by atoms with Crippen LogP contribution in [0.1, 0.15) is 62.9 Å². The molecule has 3 atom stereocenters. The number of phenols is 1. The van der Waals surface area contributed by atoms with Crippen LogP contribution in [-0.4, -0.2) is 71.5 Å². The Morgan fingerprint density at radius 2 is 1.65 bits per heavy atom. The third-order valence-corrected chi connectivity index (χ3v) is 11.0. The molecule has 2 N–H and O–H groups in total. The van der Waals surface area contributed by atoms with Gasteiger partial charge in [-0.3, -0.25) is 24.6 Å². The first-order valence-corrected chi connectivity index (χ1v) is 17.7. The minimum absolute atomic E-state index is 0.107. The number of piperazine rings is 1. The molecule has 4 aromatic carbocycles. The Morgan fingerprint density at radius 3 is 2.41 bits per heavy atom. The van der Waals surface area contributed by atoms with Gasteiger partial charge in [-0.15, -0.1) is 0 Å². The van der Waals surface area contributed by atoms with E-state index in [1.807, 2.05) is 18.2 Å². The van der Waals surface area contributed by atoms with Crippen LogP contribution in [0.15, 0.2) is 89.4 Å². The molecule has 4 aliphatic heterocycles.